The van der Waals surface area contributed by atoms with Gasteiger partial charge >= 0.3 is 0 Å². The molecule has 1 fully saturated rings. The number of hydrogen-bond acceptors (Lipinski definition) is 5. The highest BCUT2D eigenvalue weighted by Crippen LogP contribution is 2.28. The van der Waals surface area contributed by atoms with E-state index in [9.17, 15) is 9.90 Å². The lowest BCUT2D eigenvalue weighted by Crippen LogP contribution is -2.49. The summed E-state index contributed by atoms with van der Waals surface area (Å²) in [5.74, 6) is 0. The van der Waals surface area contributed by atoms with Crippen LogP contribution in [0.2, 0.25) is 0 Å². The van der Waals surface area contributed by atoms with Gasteiger partial charge in [0.15, 0.2) is 6.29 Å². The summed E-state index contributed by atoms with van der Waals surface area (Å²) in [7, 11) is 0. The third-order valence-electron chi connectivity index (χ3n) is 4.22. The van der Waals surface area contributed by atoms with Crippen LogP contribution in [0.5, 0.6) is 0 Å². The Bertz CT molecular complexity index is 660. The number of rotatable bonds is 8. The second-order valence-electron chi connectivity index (χ2n) is 6.21. The summed E-state index contributed by atoms with van der Waals surface area (Å²) < 4.78 is 16.9. The summed E-state index contributed by atoms with van der Waals surface area (Å²) in [5, 5.41) is 10.9. The second-order valence-corrected chi connectivity index (χ2v) is 6.21. The molecule has 1 unspecified atom stereocenters. The summed E-state index contributed by atoms with van der Waals surface area (Å²) in [4.78, 5) is 11.3. The first-order valence-electron chi connectivity index (χ1n) is 8.28. The van der Waals surface area contributed by atoms with Crippen LogP contribution in [-0.2, 0) is 32.2 Å². The Labute approximate surface area is 147 Å². The normalized spacial score (nSPS) is 25.8. The van der Waals surface area contributed by atoms with E-state index in [0.717, 1.165) is 11.1 Å². The van der Waals surface area contributed by atoms with Crippen molar-refractivity contribution in [2.45, 2.75) is 31.0 Å². The number of aliphatic hydroxyl groups is 1. The molecule has 132 valence electrons. The van der Waals surface area contributed by atoms with Crippen LogP contribution in [0.4, 0.5) is 0 Å². The van der Waals surface area contributed by atoms with Gasteiger partial charge in [-0.3, -0.25) is 0 Å². The van der Waals surface area contributed by atoms with Crippen LogP contribution in [0, 0.1) is 0 Å². The fourth-order valence-electron chi connectivity index (χ4n) is 2.88. The molecule has 0 aliphatic carbocycles. The number of benzene rings is 2. The van der Waals surface area contributed by atoms with Crippen LogP contribution in [0.15, 0.2) is 60.7 Å². The lowest BCUT2D eigenvalue weighted by atomic mass is 9.97. The molecule has 2 aromatic carbocycles. The number of aldehydes is 1. The van der Waals surface area contributed by atoms with E-state index in [1.807, 2.05) is 60.7 Å². The molecule has 0 amide bonds. The smallest absolute Gasteiger partial charge is 0.151 e. The van der Waals surface area contributed by atoms with E-state index >= 15 is 0 Å². The van der Waals surface area contributed by atoms with Gasteiger partial charge in [-0.2, -0.15) is 0 Å². The van der Waals surface area contributed by atoms with Crippen LogP contribution in [-0.4, -0.2) is 42.4 Å². The van der Waals surface area contributed by atoms with Crippen molar-refractivity contribution in [3.05, 3.63) is 71.8 Å². The van der Waals surface area contributed by atoms with E-state index in [1.54, 1.807) is 0 Å². The van der Waals surface area contributed by atoms with Crippen LogP contribution >= 0.6 is 0 Å². The Kier molecular flexibility index (Phi) is 5.94. The van der Waals surface area contributed by atoms with Crippen LogP contribution < -0.4 is 0 Å². The highest BCUT2D eigenvalue weighted by Gasteiger charge is 2.50. The van der Waals surface area contributed by atoms with E-state index in [4.69, 9.17) is 14.2 Å². The molecule has 0 saturated carbocycles. The van der Waals surface area contributed by atoms with Gasteiger partial charge in [0.1, 0.15) is 17.8 Å². The van der Waals surface area contributed by atoms with Gasteiger partial charge in [0.05, 0.1) is 26.4 Å². The quantitative estimate of drug-likeness (QED) is 0.745. The molecule has 1 heterocycles. The molecular weight excluding hydrogens is 320 g/mol. The molecule has 5 nitrogen and oxygen atoms in total. The average Bonchev–Trinajstić information content (AvgIpc) is 2.97. The molecule has 1 N–H and O–H groups in total. The largest absolute Gasteiger partial charge is 0.382 e. The van der Waals surface area contributed by atoms with Crippen molar-refractivity contribution in [1.82, 2.24) is 0 Å². The van der Waals surface area contributed by atoms with Crippen LogP contribution in [0.1, 0.15) is 11.1 Å². The summed E-state index contributed by atoms with van der Waals surface area (Å²) in [6.07, 6.45) is -0.889. The van der Waals surface area contributed by atoms with Crippen molar-refractivity contribution in [3.63, 3.8) is 0 Å². The number of hydrogen-bond donors (Lipinski definition) is 1. The Hall–Kier alpha value is -2.05. The van der Waals surface area contributed by atoms with Crippen LogP contribution in [0.3, 0.4) is 0 Å². The first-order chi connectivity index (χ1) is 12.2. The fraction of sp³-hybridized carbons (Fsp3) is 0.350. The lowest BCUT2D eigenvalue weighted by Gasteiger charge is -2.29. The molecule has 3 rings (SSSR count). The minimum absolute atomic E-state index is 0.00462. The SMILES string of the molecule is O=C[C@H]1OC[C@@](O)(COCc2ccccc2)C1OCc1ccccc1. The molecule has 0 spiro atoms. The maximum Gasteiger partial charge on any atom is 0.151 e. The lowest BCUT2D eigenvalue weighted by molar-refractivity contribution is -0.138. The topological polar surface area (TPSA) is 65.0 Å². The number of carbonyl (C=O) groups is 1. The minimum atomic E-state index is -1.35. The van der Waals surface area contributed by atoms with Crippen LogP contribution in [0.25, 0.3) is 0 Å². The van der Waals surface area contributed by atoms with Gasteiger partial charge in [0.2, 0.25) is 0 Å². The Morgan fingerprint density at radius 1 is 1.04 bits per heavy atom. The van der Waals surface area contributed by atoms with E-state index < -0.39 is 17.8 Å². The second kappa shape index (κ2) is 8.36. The molecule has 0 radical (unpaired) electrons. The first kappa shape index (κ1) is 17.8. The van der Waals surface area contributed by atoms with Crippen molar-refractivity contribution in [1.29, 1.82) is 0 Å². The minimum Gasteiger partial charge on any atom is -0.382 e. The zero-order valence-corrected chi connectivity index (χ0v) is 13.9. The molecule has 1 aliphatic heterocycles. The molecule has 5 heteroatoms. The predicted molar refractivity (Wildman–Crippen MR) is 91.9 cm³/mol. The summed E-state index contributed by atoms with van der Waals surface area (Å²) in [6.45, 7) is 0.705. The molecule has 0 bridgehead atoms. The third-order valence-corrected chi connectivity index (χ3v) is 4.22. The number of ether oxygens (including phenoxy) is 3. The van der Waals surface area contributed by atoms with E-state index in [-0.39, 0.29) is 13.2 Å². The van der Waals surface area contributed by atoms with E-state index in [0.29, 0.717) is 19.5 Å². The fourth-order valence-corrected chi connectivity index (χ4v) is 2.88. The van der Waals surface area contributed by atoms with E-state index in [1.165, 1.54) is 0 Å². The Balaban J connectivity index is 1.59. The highest BCUT2D eigenvalue weighted by molar-refractivity contribution is 5.58. The first-order valence-corrected chi connectivity index (χ1v) is 8.28. The Morgan fingerprint density at radius 2 is 1.64 bits per heavy atom. The zero-order valence-electron chi connectivity index (χ0n) is 13.9. The van der Waals surface area contributed by atoms with Gasteiger partial charge < -0.3 is 24.1 Å². The molecular formula is C20H22O5. The monoisotopic (exact) mass is 342 g/mol. The summed E-state index contributed by atoms with van der Waals surface area (Å²) in [5.41, 5.74) is 0.625. The maximum absolute atomic E-state index is 11.3. The van der Waals surface area contributed by atoms with Gasteiger partial charge in [-0.05, 0) is 11.1 Å². The van der Waals surface area contributed by atoms with Crippen molar-refractivity contribution in [2.24, 2.45) is 0 Å². The van der Waals surface area contributed by atoms with Gasteiger partial charge in [0, 0.05) is 0 Å². The van der Waals surface area contributed by atoms with Crippen molar-refractivity contribution < 1.29 is 24.1 Å². The average molecular weight is 342 g/mol. The van der Waals surface area contributed by atoms with Gasteiger partial charge in [0.25, 0.3) is 0 Å². The summed E-state index contributed by atoms with van der Waals surface area (Å²) in [6, 6.07) is 19.3. The third kappa shape index (κ3) is 4.52. The van der Waals surface area contributed by atoms with Crippen molar-refractivity contribution in [3.8, 4) is 0 Å². The van der Waals surface area contributed by atoms with Crippen molar-refractivity contribution in [2.75, 3.05) is 13.2 Å². The maximum atomic E-state index is 11.3. The molecule has 25 heavy (non-hydrogen) atoms. The number of carbonyl (C=O) groups excluding carboxylic acids is 1. The zero-order chi connectivity index (χ0) is 17.5. The van der Waals surface area contributed by atoms with Gasteiger partial charge in [-0.1, -0.05) is 60.7 Å². The molecule has 2 aromatic rings. The molecule has 3 atom stereocenters. The molecule has 1 aliphatic rings. The molecule has 0 aromatic heterocycles. The Morgan fingerprint density at radius 3 is 2.24 bits per heavy atom. The standard InChI is InChI=1S/C20H22O5/c21-11-18-19(24-13-17-9-5-2-6-10-17)20(22,15-25-18)14-23-12-16-7-3-1-4-8-16/h1-11,18-19,22H,12-15H2/t18-,19?,20+/m1/s1. The molecule has 1 saturated heterocycles. The highest BCUT2D eigenvalue weighted by atomic mass is 16.6. The van der Waals surface area contributed by atoms with Gasteiger partial charge in [-0.25, -0.2) is 0 Å². The van der Waals surface area contributed by atoms with Crippen molar-refractivity contribution >= 4 is 6.29 Å². The predicted octanol–water partition coefficient (Wildman–Crippen LogP) is 2.12. The van der Waals surface area contributed by atoms with E-state index in [2.05, 4.69) is 0 Å². The van der Waals surface area contributed by atoms with Gasteiger partial charge in [-0.15, -0.1) is 0 Å². The summed E-state index contributed by atoms with van der Waals surface area (Å²) >= 11 is 0.